The molecular weight excluding hydrogens is 332 g/mol. The first kappa shape index (κ1) is 17.2. The van der Waals surface area contributed by atoms with Crippen LogP contribution >= 0.6 is 11.3 Å². The summed E-state index contributed by atoms with van der Waals surface area (Å²) in [5, 5.41) is 15.1. The van der Waals surface area contributed by atoms with Gasteiger partial charge in [0, 0.05) is 4.88 Å². The van der Waals surface area contributed by atoms with Gasteiger partial charge in [0.15, 0.2) is 0 Å². The second-order valence-electron chi connectivity index (χ2n) is 7.54. The van der Waals surface area contributed by atoms with Gasteiger partial charge < -0.3 is 10.4 Å². The van der Waals surface area contributed by atoms with Crippen molar-refractivity contribution in [3.05, 3.63) is 16.3 Å². The molecule has 6 heteroatoms. The minimum absolute atomic E-state index is 0.103. The molecule has 5 nitrogen and oxygen atoms in total. The van der Waals surface area contributed by atoms with E-state index in [1.165, 1.54) is 29.7 Å². The molecule has 1 saturated carbocycles. The van der Waals surface area contributed by atoms with Gasteiger partial charge in [-0.15, -0.1) is 11.3 Å². The van der Waals surface area contributed by atoms with Crippen LogP contribution in [0.15, 0.2) is 0 Å². The molecule has 1 saturated heterocycles. The summed E-state index contributed by atoms with van der Waals surface area (Å²) in [7, 11) is 0. The normalized spacial score (nSPS) is 24.9. The van der Waals surface area contributed by atoms with Crippen LogP contribution in [0.1, 0.15) is 54.8 Å². The highest BCUT2D eigenvalue weighted by Gasteiger charge is 2.25. The lowest BCUT2D eigenvalue weighted by molar-refractivity contribution is 0.116. The molecule has 0 unspecified atom stereocenters. The second-order valence-corrected chi connectivity index (χ2v) is 8.74. The predicted octanol–water partition coefficient (Wildman–Crippen LogP) is 3.62. The quantitative estimate of drug-likeness (QED) is 0.872. The van der Waals surface area contributed by atoms with Gasteiger partial charge in [-0.2, -0.15) is 0 Å². The molecular formula is C19H28N4OS. The van der Waals surface area contributed by atoms with E-state index in [1.54, 1.807) is 11.3 Å². The average Bonchev–Trinajstić information content (AvgIpc) is 3.18. The fourth-order valence-electron chi connectivity index (χ4n) is 4.06. The fourth-order valence-corrected chi connectivity index (χ4v) is 5.11. The number of aliphatic hydroxyl groups excluding tert-OH is 1. The summed E-state index contributed by atoms with van der Waals surface area (Å²) in [4.78, 5) is 14.6. The van der Waals surface area contributed by atoms with E-state index in [0.717, 1.165) is 60.8 Å². The number of hydrogen-bond donors (Lipinski definition) is 2. The molecule has 0 aromatic carbocycles. The Hall–Kier alpha value is -1.24. The van der Waals surface area contributed by atoms with Crippen LogP contribution in [-0.4, -0.2) is 45.2 Å². The molecule has 4 rings (SSSR count). The monoisotopic (exact) mass is 360 g/mol. The Bertz CT molecular complexity index is 753. The third-order valence-corrected chi connectivity index (χ3v) is 6.79. The van der Waals surface area contributed by atoms with Crippen LogP contribution in [0.5, 0.6) is 0 Å². The number of rotatable bonds is 4. The van der Waals surface area contributed by atoms with Crippen molar-refractivity contribution in [2.75, 3.05) is 18.4 Å². The molecule has 3 heterocycles. The standard InChI is InChI=1S/C19H28N4OS/c1-12-13(2)25-19-17(12)18(20-14-7-3-4-8-15(14)24)21-16(22-19)11-23-9-5-6-10-23/h14-15,24H,3-11H2,1-2H3,(H,20,21,22)/t14-,15-/m0/s1. The number of nitrogens with one attached hydrogen (secondary N) is 1. The van der Waals surface area contributed by atoms with Crippen LogP contribution in [0.3, 0.4) is 0 Å². The van der Waals surface area contributed by atoms with Crippen LogP contribution in [0.4, 0.5) is 5.82 Å². The molecule has 0 radical (unpaired) electrons. The van der Waals surface area contributed by atoms with E-state index in [-0.39, 0.29) is 12.1 Å². The fraction of sp³-hybridized carbons (Fsp3) is 0.684. The number of likely N-dealkylation sites (tertiary alicyclic amines) is 1. The minimum atomic E-state index is -0.277. The lowest BCUT2D eigenvalue weighted by Crippen LogP contribution is -2.36. The zero-order chi connectivity index (χ0) is 17.4. The average molecular weight is 361 g/mol. The lowest BCUT2D eigenvalue weighted by Gasteiger charge is -2.29. The first-order chi connectivity index (χ1) is 12.1. The second kappa shape index (κ2) is 7.17. The summed E-state index contributed by atoms with van der Waals surface area (Å²) >= 11 is 1.76. The van der Waals surface area contributed by atoms with E-state index in [0.29, 0.717) is 0 Å². The number of aliphatic hydroxyl groups is 1. The highest BCUT2D eigenvalue weighted by atomic mass is 32.1. The van der Waals surface area contributed by atoms with Crippen LogP contribution in [0.25, 0.3) is 10.2 Å². The molecule has 25 heavy (non-hydrogen) atoms. The van der Waals surface area contributed by atoms with Crippen molar-refractivity contribution in [1.82, 2.24) is 14.9 Å². The summed E-state index contributed by atoms with van der Waals surface area (Å²) in [5.74, 6) is 1.83. The van der Waals surface area contributed by atoms with E-state index in [2.05, 4.69) is 24.1 Å². The van der Waals surface area contributed by atoms with Gasteiger partial charge in [-0.3, -0.25) is 4.90 Å². The summed E-state index contributed by atoms with van der Waals surface area (Å²) in [5.41, 5.74) is 1.26. The van der Waals surface area contributed by atoms with Crippen molar-refractivity contribution in [3.8, 4) is 0 Å². The summed E-state index contributed by atoms with van der Waals surface area (Å²) < 4.78 is 0. The molecule has 1 aliphatic heterocycles. The first-order valence-electron chi connectivity index (χ1n) is 9.55. The van der Waals surface area contributed by atoms with Gasteiger partial charge in [0.2, 0.25) is 0 Å². The molecule has 2 aromatic heterocycles. The summed E-state index contributed by atoms with van der Waals surface area (Å²) in [6.07, 6.45) is 6.46. The molecule has 2 aliphatic rings. The largest absolute Gasteiger partial charge is 0.391 e. The predicted molar refractivity (Wildman–Crippen MR) is 103 cm³/mol. The number of thiophene rings is 1. The zero-order valence-electron chi connectivity index (χ0n) is 15.2. The van der Waals surface area contributed by atoms with Crippen molar-refractivity contribution in [3.63, 3.8) is 0 Å². The van der Waals surface area contributed by atoms with E-state index in [9.17, 15) is 5.11 Å². The van der Waals surface area contributed by atoms with Crippen molar-refractivity contribution in [2.24, 2.45) is 0 Å². The number of aryl methyl sites for hydroxylation is 2. The maximum Gasteiger partial charge on any atom is 0.146 e. The Morgan fingerprint density at radius 3 is 2.64 bits per heavy atom. The molecule has 2 aromatic rings. The molecule has 0 amide bonds. The summed E-state index contributed by atoms with van der Waals surface area (Å²) in [6.45, 7) is 7.43. The van der Waals surface area contributed by atoms with E-state index >= 15 is 0 Å². The Kier molecular flexibility index (Phi) is 4.93. The summed E-state index contributed by atoms with van der Waals surface area (Å²) in [6, 6.07) is 0.103. The maximum atomic E-state index is 10.4. The van der Waals surface area contributed by atoms with E-state index < -0.39 is 0 Å². The van der Waals surface area contributed by atoms with Crippen LogP contribution in [-0.2, 0) is 6.54 Å². The van der Waals surface area contributed by atoms with Crippen molar-refractivity contribution < 1.29 is 5.11 Å². The first-order valence-corrected chi connectivity index (χ1v) is 10.4. The highest BCUT2D eigenvalue weighted by Crippen LogP contribution is 2.35. The topological polar surface area (TPSA) is 61.3 Å². The number of anilines is 1. The minimum Gasteiger partial charge on any atom is -0.391 e. The molecule has 2 N–H and O–H groups in total. The number of fused-ring (bicyclic) bond motifs is 1. The van der Waals surface area contributed by atoms with Gasteiger partial charge in [-0.1, -0.05) is 12.8 Å². The SMILES string of the molecule is Cc1sc2nc(CN3CCCC3)nc(N[C@H]3CCCC[C@@H]3O)c2c1C. The number of hydrogen-bond acceptors (Lipinski definition) is 6. The molecule has 0 spiro atoms. The van der Waals surface area contributed by atoms with E-state index in [1.807, 2.05) is 0 Å². The van der Waals surface area contributed by atoms with Crippen LogP contribution in [0, 0.1) is 13.8 Å². The molecule has 2 fully saturated rings. The van der Waals surface area contributed by atoms with Crippen molar-refractivity contribution in [1.29, 1.82) is 0 Å². The molecule has 136 valence electrons. The Balaban J connectivity index is 1.68. The van der Waals surface area contributed by atoms with Crippen LogP contribution in [0.2, 0.25) is 0 Å². The van der Waals surface area contributed by atoms with Gasteiger partial charge in [-0.25, -0.2) is 9.97 Å². The third-order valence-electron chi connectivity index (χ3n) is 5.69. The van der Waals surface area contributed by atoms with Crippen molar-refractivity contribution >= 4 is 27.4 Å². The Morgan fingerprint density at radius 1 is 1.12 bits per heavy atom. The number of aromatic nitrogens is 2. The van der Waals surface area contributed by atoms with Gasteiger partial charge in [0.25, 0.3) is 0 Å². The van der Waals surface area contributed by atoms with Gasteiger partial charge in [0.1, 0.15) is 16.5 Å². The van der Waals surface area contributed by atoms with Gasteiger partial charge >= 0.3 is 0 Å². The third kappa shape index (κ3) is 3.52. The maximum absolute atomic E-state index is 10.4. The lowest BCUT2D eigenvalue weighted by atomic mass is 9.92. The van der Waals surface area contributed by atoms with Gasteiger partial charge in [-0.05, 0) is 58.2 Å². The van der Waals surface area contributed by atoms with Crippen LogP contribution < -0.4 is 5.32 Å². The Morgan fingerprint density at radius 2 is 1.88 bits per heavy atom. The Labute approximate surface area is 153 Å². The molecule has 0 bridgehead atoms. The zero-order valence-corrected chi connectivity index (χ0v) is 16.0. The number of nitrogens with zero attached hydrogens (tertiary/aromatic N) is 3. The van der Waals surface area contributed by atoms with Gasteiger partial charge in [0.05, 0.1) is 24.1 Å². The highest BCUT2D eigenvalue weighted by molar-refractivity contribution is 7.18. The van der Waals surface area contributed by atoms with E-state index in [4.69, 9.17) is 9.97 Å². The molecule has 1 aliphatic carbocycles. The smallest absolute Gasteiger partial charge is 0.146 e. The molecule has 2 atom stereocenters. The van der Waals surface area contributed by atoms with Crippen molar-refractivity contribution in [2.45, 2.75) is 71.1 Å².